The number of carbonyl (C=O) groups excluding carboxylic acids is 3. The highest BCUT2D eigenvalue weighted by Gasteiger charge is 2.90. The first kappa shape index (κ1) is 60.7. The van der Waals surface area contributed by atoms with Crippen molar-refractivity contribution in [3.8, 4) is 0 Å². The number of hydrogen-bond donors (Lipinski definition) is 0. The third kappa shape index (κ3) is 15.2. The second-order valence-electron chi connectivity index (χ2n) is 13.2. The second kappa shape index (κ2) is 21.7. The molecule has 0 aromatic heterocycles. The minimum Gasteiger partial charge on any atom is -0.461 e. The predicted octanol–water partition coefficient (Wildman–Crippen LogP) is 12.4. The third-order valence-corrected chi connectivity index (χ3v) is 8.40. The number of hydrogen-bond acceptors (Lipinski definition) is 6. The van der Waals surface area contributed by atoms with Crippen LogP contribution in [0.25, 0.3) is 0 Å². The second-order valence-corrected chi connectivity index (χ2v) is 13.2. The number of carbonyl (C=O) groups is 3. The molecule has 1 rings (SSSR count). The Balaban J connectivity index is -0.000000380. The molecule has 0 heterocycles. The quantitative estimate of drug-likeness (QED) is 0.105. The molecule has 0 saturated heterocycles. The fourth-order valence-corrected chi connectivity index (χ4v) is 3.96. The molecule has 0 aromatic carbocycles. The van der Waals surface area contributed by atoms with Gasteiger partial charge in [0.2, 0.25) is 0 Å². The van der Waals surface area contributed by atoms with Gasteiger partial charge in [0.1, 0.15) is 12.7 Å². The van der Waals surface area contributed by atoms with E-state index in [1.54, 1.807) is 20.8 Å². The zero-order chi connectivity index (χ0) is 39.9. The van der Waals surface area contributed by atoms with E-state index in [1.165, 1.54) is 20.8 Å². The molecule has 0 amide bonds. The molecular formula is C34H58F14O6. The summed E-state index contributed by atoms with van der Waals surface area (Å²) in [7, 11) is 0. The van der Waals surface area contributed by atoms with Crippen molar-refractivity contribution >= 4 is 17.9 Å². The molecule has 1 saturated carbocycles. The average Bonchev–Trinajstić information content (AvgIpc) is 2.97. The molecule has 1 aliphatic rings. The van der Waals surface area contributed by atoms with Crippen LogP contribution in [0.2, 0.25) is 0 Å². The fourth-order valence-electron chi connectivity index (χ4n) is 3.96. The van der Waals surface area contributed by atoms with E-state index in [4.69, 9.17) is 4.74 Å². The van der Waals surface area contributed by atoms with Crippen molar-refractivity contribution in [1.82, 2.24) is 0 Å². The van der Waals surface area contributed by atoms with Crippen molar-refractivity contribution in [2.24, 2.45) is 16.7 Å². The van der Waals surface area contributed by atoms with Crippen molar-refractivity contribution in [3.05, 3.63) is 0 Å². The topological polar surface area (TPSA) is 78.9 Å². The minimum absolute atomic E-state index is 0. The van der Waals surface area contributed by atoms with E-state index in [0.717, 1.165) is 6.92 Å². The maximum absolute atomic E-state index is 14.4. The van der Waals surface area contributed by atoms with Crippen LogP contribution in [0, 0.1) is 16.7 Å². The van der Waals surface area contributed by atoms with Crippen molar-refractivity contribution in [3.63, 3.8) is 0 Å². The highest BCUT2D eigenvalue weighted by molar-refractivity contribution is 5.76. The zero-order valence-corrected chi connectivity index (χ0v) is 28.3. The Bertz CT molecular complexity index is 1110. The van der Waals surface area contributed by atoms with Crippen LogP contribution in [0.5, 0.6) is 0 Å². The first-order valence-corrected chi connectivity index (χ1v) is 15.4. The predicted molar refractivity (Wildman–Crippen MR) is 175 cm³/mol. The van der Waals surface area contributed by atoms with Gasteiger partial charge in [0.15, 0.2) is 6.10 Å². The van der Waals surface area contributed by atoms with Gasteiger partial charge in [-0.2, -0.15) is 57.1 Å². The molecule has 0 spiro atoms. The number of halogens is 14. The highest BCUT2D eigenvalue weighted by atomic mass is 19.4. The summed E-state index contributed by atoms with van der Waals surface area (Å²) in [6.45, 7) is 8.46. The molecule has 328 valence electrons. The lowest BCUT2D eigenvalue weighted by molar-refractivity contribution is -0.428. The monoisotopic (exact) mass is 828 g/mol. The molecule has 1 aliphatic carbocycles. The van der Waals surface area contributed by atoms with Gasteiger partial charge in [0.25, 0.3) is 0 Å². The number of ether oxygens (including phenoxy) is 3. The summed E-state index contributed by atoms with van der Waals surface area (Å²) >= 11 is 0. The standard InChI is InChI=1S/C21H27F11O4.C9H15F3O2.4CH4/c1-4-16(2,3)15(34)35-11-13(36-14(33)12-8-6-5-7-9-12)10-17(22,23)19(25,26)18(24,20(27,28)29)21(30,31)32;1-5-8(3,4)7(13)14-6(2)9(10,11)12;;;;/h12-13H,4-11H2,1-3H3;6H,5H2,1-4H3;4*1H4. The van der Waals surface area contributed by atoms with Gasteiger partial charge < -0.3 is 14.2 Å². The molecule has 20 heteroatoms. The maximum Gasteiger partial charge on any atom is 0.438 e. The zero-order valence-electron chi connectivity index (χ0n) is 28.3. The SMILES string of the molecule is C.C.C.C.CCC(C)(C)C(=O)OC(C)C(F)(F)F.CCC(C)(C)C(=O)OCC(CC(F)(F)C(F)(F)C(F)(C(F)(F)F)C(F)(F)F)OC(=O)C1CCCCC1. The van der Waals surface area contributed by atoms with E-state index < -0.39 is 95.9 Å². The molecule has 0 radical (unpaired) electrons. The van der Waals surface area contributed by atoms with E-state index in [2.05, 4.69) is 9.47 Å². The number of esters is 3. The summed E-state index contributed by atoms with van der Waals surface area (Å²) in [6.07, 6.45) is -24.0. The lowest BCUT2D eigenvalue weighted by atomic mass is 9.87. The summed E-state index contributed by atoms with van der Waals surface area (Å²) in [5.41, 5.74) is -9.74. The Labute approximate surface area is 309 Å². The van der Waals surface area contributed by atoms with Crippen molar-refractivity contribution in [1.29, 1.82) is 0 Å². The van der Waals surface area contributed by atoms with Crippen LogP contribution in [0.15, 0.2) is 0 Å². The summed E-state index contributed by atoms with van der Waals surface area (Å²) in [5, 5.41) is 0. The Morgan fingerprint density at radius 3 is 1.37 bits per heavy atom. The summed E-state index contributed by atoms with van der Waals surface area (Å²) in [5.74, 6) is -17.8. The van der Waals surface area contributed by atoms with Crippen LogP contribution in [0.1, 0.15) is 130 Å². The van der Waals surface area contributed by atoms with E-state index in [9.17, 15) is 75.8 Å². The van der Waals surface area contributed by atoms with E-state index >= 15 is 0 Å². The van der Waals surface area contributed by atoms with Gasteiger partial charge in [-0.05, 0) is 60.3 Å². The molecule has 0 bridgehead atoms. The smallest absolute Gasteiger partial charge is 0.438 e. The Morgan fingerprint density at radius 2 is 1.02 bits per heavy atom. The molecule has 0 aliphatic heterocycles. The summed E-state index contributed by atoms with van der Waals surface area (Å²) in [4.78, 5) is 35.7. The highest BCUT2D eigenvalue weighted by Crippen LogP contribution is 2.60. The lowest BCUT2D eigenvalue weighted by Gasteiger charge is -2.40. The summed E-state index contributed by atoms with van der Waals surface area (Å²) in [6, 6.07) is 0. The largest absolute Gasteiger partial charge is 0.461 e. The van der Waals surface area contributed by atoms with E-state index in [-0.39, 0.29) is 49.0 Å². The first-order valence-electron chi connectivity index (χ1n) is 15.4. The van der Waals surface area contributed by atoms with Crippen LogP contribution in [0.4, 0.5) is 61.5 Å². The molecular weight excluding hydrogens is 770 g/mol. The molecule has 0 aromatic rings. The van der Waals surface area contributed by atoms with Gasteiger partial charge >= 0.3 is 54.0 Å². The summed E-state index contributed by atoms with van der Waals surface area (Å²) < 4.78 is 197. The Morgan fingerprint density at radius 1 is 0.630 bits per heavy atom. The fraction of sp³-hybridized carbons (Fsp3) is 0.912. The van der Waals surface area contributed by atoms with Crippen molar-refractivity contribution in [2.75, 3.05) is 6.61 Å². The van der Waals surface area contributed by atoms with Crippen LogP contribution < -0.4 is 0 Å². The molecule has 6 nitrogen and oxygen atoms in total. The molecule has 2 unspecified atom stereocenters. The van der Waals surface area contributed by atoms with E-state index in [0.29, 0.717) is 25.7 Å². The maximum atomic E-state index is 14.4. The van der Waals surface area contributed by atoms with Gasteiger partial charge in [-0.1, -0.05) is 62.8 Å². The first-order chi connectivity index (χ1) is 22.2. The molecule has 1 fully saturated rings. The lowest BCUT2D eigenvalue weighted by Crippen LogP contribution is -2.70. The van der Waals surface area contributed by atoms with Crippen LogP contribution in [0.3, 0.4) is 0 Å². The minimum atomic E-state index is -7.63. The number of rotatable bonds is 13. The average molecular weight is 829 g/mol. The van der Waals surface area contributed by atoms with E-state index in [1.807, 2.05) is 0 Å². The van der Waals surface area contributed by atoms with Crippen molar-refractivity contribution in [2.45, 2.75) is 178 Å². The van der Waals surface area contributed by atoms with Gasteiger partial charge in [0, 0.05) is 0 Å². The van der Waals surface area contributed by atoms with Crippen LogP contribution >= 0.6 is 0 Å². The number of alkyl halides is 14. The Hall–Kier alpha value is -2.57. The van der Waals surface area contributed by atoms with Gasteiger partial charge in [-0.25, -0.2) is 4.39 Å². The van der Waals surface area contributed by atoms with Gasteiger partial charge in [0.05, 0.1) is 23.2 Å². The molecule has 54 heavy (non-hydrogen) atoms. The van der Waals surface area contributed by atoms with Gasteiger partial charge in [-0.15, -0.1) is 0 Å². The normalized spacial score (nSPS) is 15.9. The van der Waals surface area contributed by atoms with Crippen LogP contribution in [-0.4, -0.2) is 72.8 Å². The van der Waals surface area contributed by atoms with Crippen molar-refractivity contribution < 1.29 is 90.1 Å². The van der Waals surface area contributed by atoms with Gasteiger partial charge in [-0.3, -0.25) is 14.4 Å². The molecule has 2 atom stereocenters. The van der Waals surface area contributed by atoms with Crippen LogP contribution in [-0.2, 0) is 28.6 Å². The third-order valence-electron chi connectivity index (χ3n) is 8.40. The molecule has 0 N–H and O–H groups in total. The Kier molecular flexibility index (Phi) is 24.3.